The number of aliphatic hydroxyl groups is 1. The Hall–Kier alpha value is -0.800. The van der Waals surface area contributed by atoms with Crippen LogP contribution in [-0.4, -0.2) is 30.3 Å². The van der Waals surface area contributed by atoms with E-state index >= 15 is 0 Å². The van der Waals surface area contributed by atoms with Gasteiger partial charge in [0.2, 0.25) is 0 Å². The van der Waals surface area contributed by atoms with Crippen molar-refractivity contribution in [3.8, 4) is 0 Å². The molecule has 1 heterocycles. The second-order valence-electron chi connectivity index (χ2n) is 2.65. The molecule has 62 valence electrons. The first-order chi connectivity index (χ1) is 5.24. The van der Waals surface area contributed by atoms with E-state index in [1.807, 2.05) is 30.4 Å². The summed E-state index contributed by atoms with van der Waals surface area (Å²) in [5.74, 6) is 0. The zero-order valence-electron chi connectivity index (χ0n) is 6.91. The van der Waals surface area contributed by atoms with Crippen LogP contribution in [0, 0.1) is 0 Å². The largest absolute Gasteiger partial charge is 0.375 e. The maximum absolute atomic E-state index is 9.36. The highest BCUT2D eigenvalue weighted by molar-refractivity contribution is 5.15. The fourth-order valence-corrected chi connectivity index (χ4v) is 1.08. The Labute approximate surface area is 67.0 Å². The summed E-state index contributed by atoms with van der Waals surface area (Å²) in [5.41, 5.74) is 0.998. The molecule has 1 atom stereocenters. The molecule has 0 aromatic heterocycles. The van der Waals surface area contributed by atoms with Crippen molar-refractivity contribution in [1.82, 2.24) is 10.2 Å². The molecule has 3 nitrogen and oxygen atoms in total. The molecule has 0 aromatic rings. The first kappa shape index (κ1) is 8.30. The van der Waals surface area contributed by atoms with Gasteiger partial charge >= 0.3 is 0 Å². The van der Waals surface area contributed by atoms with E-state index in [1.165, 1.54) is 0 Å². The smallest absolute Gasteiger partial charge is 0.128 e. The Balaban J connectivity index is 2.58. The van der Waals surface area contributed by atoms with Crippen molar-refractivity contribution >= 4 is 0 Å². The summed E-state index contributed by atoms with van der Waals surface area (Å²) in [4.78, 5) is 1.93. The summed E-state index contributed by atoms with van der Waals surface area (Å²) in [6.45, 7) is 0. The predicted octanol–water partition coefficient (Wildman–Crippen LogP) is 0.257. The molecule has 0 amide bonds. The molecule has 2 N–H and O–H groups in total. The fraction of sp³-hybridized carbons (Fsp3) is 0.500. The van der Waals surface area contributed by atoms with Crippen molar-refractivity contribution in [2.75, 3.05) is 14.1 Å². The zero-order valence-corrected chi connectivity index (χ0v) is 6.91. The normalized spacial score (nSPS) is 19.9. The summed E-state index contributed by atoms with van der Waals surface area (Å²) in [6.07, 6.45) is 6.25. The predicted molar refractivity (Wildman–Crippen MR) is 44.7 cm³/mol. The van der Waals surface area contributed by atoms with E-state index in [4.69, 9.17) is 0 Å². The van der Waals surface area contributed by atoms with Crippen LogP contribution >= 0.6 is 0 Å². The third-order valence-corrected chi connectivity index (χ3v) is 1.69. The van der Waals surface area contributed by atoms with Crippen LogP contribution in [0.25, 0.3) is 0 Å². The van der Waals surface area contributed by atoms with Gasteiger partial charge in [-0.3, -0.25) is 5.32 Å². The molecule has 1 rings (SSSR count). The van der Waals surface area contributed by atoms with Gasteiger partial charge in [0.05, 0.1) is 0 Å². The molecular formula is C8H14N2O. The van der Waals surface area contributed by atoms with Crippen molar-refractivity contribution in [2.24, 2.45) is 0 Å². The van der Waals surface area contributed by atoms with Crippen molar-refractivity contribution in [3.05, 3.63) is 24.0 Å². The lowest BCUT2D eigenvalue weighted by atomic mass is 10.1. The maximum Gasteiger partial charge on any atom is 0.128 e. The lowest BCUT2D eigenvalue weighted by Gasteiger charge is -2.20. The van der Waals surface area contributed by atoms with E-state index in [9.17, 15) is 5.11 Å². The van der Waals surface area contributed by atoms with Gasteiger partial charge < -0.3 is 10.0 Å². The molecule has 1 aliphatic heterocycles. The second kappa shape index (κ2) is 3.55. The zero-order chi connectivity index (χ0) is 8.27. The highest BCUT2D eigenvalue weighted by Gasteiger charge is 2.09. The monoisotopic (exact) mass is 154 g/mol. The minimum Gasteiger partial charge on any atom is -0.375 e. The molecule has 0 saturated carbocycles. The Morgan fingerprint density at radius 3 is 3.00 bits per heavy atom. The average Bonchev–Trinajstić information content (AvgIpc) is 2.03. The van der Waals surface area contributed by atoms with Gasteiger partial charge in [-0.1, -0.05) is 6.08 Å². The Morgan fingerprint density at radius 2 is 2.45 bits per heavy atom. The first-order valence-electron chi connectivity index (χ1n) is 3.68. The van der Waals surface area contributed by atoms with Gasteiger partial charge in [-0.05, 0) is 25.2 Å². The van der Waals surface area contributed by atoms with E-state index in [0.29, 0.717) is 0 Å². The molecule has 3 heteroatoms. The molecule has 11 heavy (non-hydrogen) atoms. The highest BCUT2D eigenvalue weighted by atomic mass is 16.3. The SMILES string of the molecule is CNC(O)C1=CN(C)C=CC1. The minimum atomic E-state index is -0.512. The minimum absolute atomic E-state index is 0.512. The van der Waals surface area contributed by atoms with Crippen molar-refractivity contribution in [2.45, 2.75) is 12.6 Å². The quantitative estimate of drug-likeness (QED) is 0.560. The third-order valence-electron chi connectivity index (χ3n) is 1.69. The Kier molecular flexibility index (Phi) is 2.68. The third kappa shape index (κ3) is 2.06. The molecule has 0 aromatic carbocycles. The summed E-state index contributed by atoms with van der Waals surface area (Å²) < 4.78 is 0. The van der Waals surface area contributed by atoms with Crippen LogP contribution < -0.4 is 5.32 Å². The summed E-state index contributed by atoms with van der Waals surface area (Å²) >= 11 is 0. The van der Waals surface area contributed by atoms with Gasteiger partial charge in [-0.15, -0.1) is 0 Å². The Morgan fingerprint density at radius 1 is 1.73 bits per heavy atom. The van der Waals surface area contributed by atoms with Crippen molar-refractivity contribution in [1.29, 1.82) is 0 Å². The molecule has 0 saturated heterocycles. The van der Waals surface area contributed by atoms with Crippen LogP contribution in [0.5, 0.6) is 0 Å². The van der Waals surface area contributed by atoms with E-state index < -0.39 is 6.23 Å². The number of aliphatic hydroxyl groups excluding tert-OH is 1. The number of hydrogen-bond acceptors (Lipinski definition) is 3. The summed E-state index contributed by atoms with van der Waals surface area (Å²) in [7, 11) is 3.68. The number of nitrogens with zero attached hydrogens (tertiary/aromatic N) is 1. The van der Waals surface area contributed by atoms with Gasteiger partial charge in [0, 0.05) is 13.2 Å². The molecule has 1 aliphatic rings. The first-order valence-corrected chi connectivity index (χ1v) is 3.68. The van der Waals surface area contributed by atoms with Gasteiger partial charge in [-0.25, -0.2) is 0 Å². The van der Waals surface area contributed by atoms with Crippen molar-refractivity contribution < 1.29 is 5.11 Å². The molecule has 0 aliphatic carbocycles. The molecular weight excluding hydrogens is 140 g/mol. The van der Waals surface area contributed by atoms with Crippen LogP contribution in [-0.2, 0) is 0 Å². The average molecular weight is 154 g/mol. The van der Waals surface area contributed by atoms with Gasteiger partial charge in [0.1, 0.15) is 6.23 Å². The summed E-state index contributed by atoms with van der Waals surface area (Å²) in [6, 6.07) is 0. The number of hydrogen-bond donors (Lipinski definition) is 2. The van der Waals surface area contributed by atoms with Crippen LogP contribution in [0.3, 0.4) is 0 Å². The van der Waals surface area contributed by atoms with E-state index in [1.54, 1.807) is 7.05 Å². The van der Waals surface area contributed by atoms with Gasteiger partial charge in [-0.2, -0.15) is 0 Å². The number of allylic oxidation sites excluding steroid dienone is 1. The highest BCUT2D eigenvalue weighted by Crippen LogP contribution is 2.12. The van der Waals surface area contributed by atoms with Crippen LogP contribution in [0.2, 0.25) is 0 Å². The molecule has 0 radical (unpaired) electrons. The van der Waals surface area contributed by atoms with Gasteiger partial charge in [0.25, 0.3) is 0 Å². The van der Waals surface area contributed by atoms with Crippen LogP contribution in [0.4, 0.5) is 0 Å². The number of nitrogens with one attached hydrogen (secondary N) is 1. The topological polar surface area (TPSA) is 35.5 Å². The summed E-state index contributed by atoms with van der Waals surface area (Å²) in [5, 5.41) is 12.1. The maximum atomic E-state index is 9.36. The number of rotatable bonds is 2. The lowest BCUT2D eigenvalue weighted by molar-refractivity contribution is 0.178. The molecule has 0 bridgehead atoms. The van der Waals surface area contributed by atoms with E-state index in [-0.39, 0.29) is 0 Å². The molecule has 1 unspecified atom stereocenters. The standard InChI is InChI=1S/C8H14N2O/c1-9-8(11)7-4-3-5-10(2)6-7/h3,5-6,8-9,11H,4H2,1-2H3. The molecule has 0 spiro atoms. The van der Waals surface area contributed by atoms with Crippen LogP contribution in [0.15, 0.2) is 24.0 Å². The fourth-order valence-electron chi connectivity index (χ4n) is 1.08. The van der Waals surface area contributed by atoms with E-state index in [0.717, 1.165) is 12.0 Å². The van der Waals surface area contributed by atoms with Gasteiger partial charge in [0.15, 0.2) is 0 Å². The lowest BCUT2D eigenvalue weighted by Crippen LogP contribution is -2.28. The van der Waals surface area contributed by atoms with Crippen molar-refractivity contribution in [3.63, 3.8) is 0 Å². The second-order valence-corrected chi connectivity index (χ2v) is 2.65. The number of likely N-dealkylation sites (N-methyl/N-ethyl adjacent to an activating group) is 1. The van der Waals surface area contributed by atoms with Crippen LogP contribution in [0.1, 0.15) is 6.42 Å². The van der Waals surface area contributed by atoms with E-state index in [2.05, 4.69) is 5.32 Å². The Bertz CT molecular complexity index is 187. The molecule has 0 fully saturated rings.